The number of alkyl halides is 2. The summed E-state index contributed by atoms with van der Waals surface area (Å²) >= 11 is 9.19. The van der Waals surface area contributed by atoms with E-state index in [1.807, 2.05) is 0 Å². The van der Waals surface area contributed by atoms with Crippen LogP contribution in [0.5, 0.6) is 0 Å². The van der Waals surface area contributed by atoms with E-state index in [-0.39, 0.29) is 26.2 Å². The van der Waals surface area contributed by atoms with Gasteiger partial charge in [0.1, 0.15) is 0 Å². The van der Waals surface area contributed by atoms with Crippen LogP contribution in [0.25, 0.3) is 0 Å². The number of aliphatic hydroxyl groups is 1. The van der Waals surface area contributed by atoms with E-state index in [0.717, 1.165) is 0 Å². The minimum atomic E-state index is -1.22. The third-order valence-electron chi connectivity index (χ3n) is 0. The third kappa shape index (κ3) is 256. The fourth-order valence-corrected chi connectivity index (χ4v) is 0. The molecule has 0 spiro atoms. The van der Waals surface area contributed by atoms with Crippen molar-refractivity contribution in [3.8, 4) is 0 Å². The Morgan fingerprint density at radius 1 is 1.22 bits per heavy atom. The molecule has 9 heavy (non-hydrogen) atoms. The van der Waals surface area contributed by atoms with Gasteiger partial charge in [0, 0.05) is 26.2 Å². The molecule has 0 bridgehead atoms. The van der Waals surface area contributed by atoms with Crippen molar-refractivity contribution in [2.75, 3.05) is 0 Å². The minimum absolute atomic E-state index is 0. The molecule has 0 atom stereocenters. The molecule has 0 aromatic carbocycles. The van der Waals surface area contributed by atoms with Crippen LogP contribution in [0.4, 0.5) is 0 Å². The van der Waals surface area contributed by atoms with Crippen molar-refractivity contribution in [1.29, 1.82) is 0 Å². The molecule has 0 aliphatic carbocycles. The first kappa shape index (κ1) is 16.8. The second kappa shape index (κ2) is 12.1. The van der Waals surface area contributed by atoms with Crippen LogP contribution in [0.3, 0.4) is 0 Å². The van der Waals surface area contributed by atoms with Crippen molar-refractivity contribution in [2.45, 2.75) is 25.8 Å². The Morgan fingerprint density at radius 2 is 1.22 bits per heavy atom. The molecule has 0 aromatic rings. The molecule has 0 heterocycles. The van der Waals surface area contributed by atoms with Crippen LogP contribution in [0.1, 0.15) is 20.8 Å². The molecule has 0 aromatic heterocycles. The maximum absolute atomic E-state index is 7.59. The van der Waals surface area contributed by atoms with E-state index in [1.54, 1.807) is 0 Å². The molecular weight excluding hydrogens is 238 g/mol. The number of hydrogen-bond acceptors (Lipinski definition) is 1. The van der Waals surface area contributed by atoms with Crippen molar-refractivity contribution in [3.63, 3.8) is 0 Å². The van der Waals surface area contributed by atoms with Crippen LogP contribution in [-0.4, -0.2) is 10.1 Å². The van der Waals surface area contributed by atoms with Crippen LogP contribution < -0.4 is 0 Å². The van der Waals surface area contributed by atoms with Gasteiger partial charge in [-0.15, -0.1) is 0 Å². The summed E-state index contributed by atoms with van der Waals surface area (Å²) in [4.78, 5) is 0. The van der Waals surface area contributed by atoms with Crippen LogP contribution in [0, 0.1) is 5.92 Å². The molecule has 0 amide bonds. The van der Waals surface area contributed by atoms with Gasteiger partial charge in [0.2, 0.25) is 5.02 Å². The van der Waals surface area contributed by atoms with Crippen molar-refractivity contribution < 1.29 is 31.3 Å². The number of rotatable bonds is 0. The summed E-state index contributed by atoms with van der Waals surface area (Å²) in [5.74, 6) is 1.42. The van der Waals surface area contributed by atoms with Crippen molar-refractivity contribution in [2.24, 2.45) is 0 Å². The van der Waals surface area contributed by atoms with E-state index in [4.69, 9.17) is 5.11 Å². The quantitative estimate of drug-likeness (QED) is 0.516. The van der Waals surface area contributed by atoms with Gasteiger partial charge in [0.25, 0.3) is 0 Å². The molecule has 0 fully saturated rings. The third-order valence-corrected chi connectivity index (χ3v) is 0. The summed E-state index contributed by atoms with van der Waals surface area (Å²) in [5, 5.41) is 6.36. The van der Waals surface area contributed by atoms with E-state index in [0.29, 0.717) is 0 Å². The summed E-state index contributed by atoms with van der Waals surface area (Å²) in [5.41, 5.74) is 0. The first-order valence-electron chi connectivity index (χ1n) is 2.19. The Labute approximate surface area is 85.9 Å². The molecule has 0 rings (SSSR count). The van der Waals surface area contributed by atoms with Crippen LogP contribution in [0.2, 0.25) is 0 Å². The van der Waals surface area contributed by atoms with Gasteiger partial charge in [-0.2, -0.15) is 20.8 Å². The first-order valence-corrected chi connectivity index (χ1v) is 3.07. The summed E-state index contributed by atoms with van der Waals surface area (Å²) in [7, 11) is 0. The van der Waals surface area contributed by atoms with E-state index in [1.165, 1.54) is 5.92 Å². The van der Waals surface area contributed by atoms with Gasteiger partial charge in [-0.3, -0.25) is 0 Å². The molecule has 1 nitrogen and oxygen atoms in total. The maximum Gasteiger partial charge on any atom is 0.204 e. The average molecular weight is 249 g/mol. The van der Waals surface area contributed by atoms with E-state index in [2.05, 4.69) is 44.0 Å². The Hall–Kier alpha value is 1.42. The van der Waals surface area contributed by atoms with E-state index < -0.39 is 5.02 Å². The summed E-state index contributed by atoms with van der Waals surface area (Å²) < 4.78 is 0. The van der Waals surface area contributed by atoms with E-state index >= 15 is 0 Å². The van der Waals surface area contributed by atoms with Crippen LogP contribution in [0.15, 0.2) is 0 Å². The number of halogens is 2. The Balaban J connectivity index is -0.0000000720. The summed E-state index contributed by atoms with van der Waals surface area (Å²) in [6.45, 7) is 6.25. The topological polar surface area (TPSA) is 20.2 Å². The zero-order valence-corrected chi connectivity index (χ0v) is 9.75. The Morgan fingerprint density at radius 3 is 1.22 bits per heavy atom. The van der Waals surface area contributed by atoms with Gasteiger partial charge in [0.05, 0.1) is 0 Å². The normalized spacial score (nSPS) is 8.00. The molecular formula is C5H11Cl2OZr-. The summed E-state index contributed by atoms with van der Waals surface area (Å²) in [6.07, 6.45) is 0. The molecule has 0 unspecified atom stereocenters. The summed E-state index contributed by atoms with van der Waals surface area (Å²) in [6, 6.07) is 0. The molecule has 0 saturated carbocycles. The van der Waals surface area contributed by atoms with Crippen LogP contribution >= 0.6 is 23.2 Å². The molecule has 0 aliphatic rings. The number of aliphatic hydroxyl groups excluding tert-OH is 1. The zero-order valence-electron chi connectivity index (χ0n) is 5.78. The van der Waals surface area contributed by atoms with Gasteiger partial charge in [-0.1, -0.05) is 23.2 Å². The molecule has 0 saturated heterocycles. The standard InChI is InChI=1S/C4H9.CH2Cl2O.Zr/c1-4(2)3;2-1(3)4;/h1-3H3;1,4H;/q-1;;. The molecule has 56 valence electrons. The van der Waals surface area contributed by atoms with Crippen molar-refractivity contribution in [1.82, 2.24) is 0 Å². The Kier molecular flexibility index (Phi) is 22.6. The maximum atomic E-state index is 7.59. The average Bonchev–Trinajstić information content (AvgIpc) is 1.25. The zero-order chi connectivity index (χ0) is 7.15. The fraction of sp³-hybridized carbons (Fsp3) is 0.800. The fourth-order valence-electron chi connectivity index (χ4n) is 0. The Bertz CT molecular complexity index is 30.4. The van der Waals surface area contributed by atoms with Crippen molar-refractivity contribution >= 4 is 23.2 Å². The second-order valence-corrected chi connectivity index (χ2v) is 2.83. The molecule has 0 radical (unpaired) electrons. The van der Waals surface area contributed by atoms with Crippen molar-refractivity contribution in [3.05, 3.63) is 5.92 Å². The predicted molar refractivity (Wildman–Crippen MR) is 38.0 cm³/mol. The van der Waals surface area contributed by atoms with Gasteiger partial charge >= 0.3 is 0 Å². The smallest absolute Gasteiger partial charge is 0.204 e. The monoisotopic (exact) mass is 247 g/mol. The molecule has 1 N–H and O–H groups in total. The molecule has 0 aliphatic heterocycles. The van der Waals surface area contributed by atoms with Crippen LogP contribution in [-0.2, 0) is 26.2 Å². The van der Waals surface area contributed by atoms with Gasteiger partial charge in [-0.05, 0) is 0 Å². The second-order valence-electron chi connectivity index (χ2n) is 1.78. The largest absolute Gasteiger partial charge is 0.365 e. The van der Waals surface area contributed by atoms with Gasteiger partial charge in [-0.25, -0.2) is 0 Å². The van der Waals surface area contributed by atoms with Gasteiger partial charge in [0.15, 0.2) is 0 Å². The minimum Gasteiger partial charge on any atom is -0.365 e. The van der Waals surface area contributed by atoms with E-state index in [9.17, 15) is 0 Å². The predicted octanol–water partition coefficient (Wildman–Crippen LogP) is 2.36. The SMILES string of the molecule is C[C-](C)C.OC(Cl)Cl.[Zr]. The first-order chi connectivity index (χ1) is 3.46. The number of hydrogen-bond donors (Lipinski definition) is 1. The van der Waals surface area contributed by atoms with Gasteiger partial charge < -0.3 is 11.0 Å². The molecule has 4 heteroatoms.